The minimum atomic E-state index is -0.771. The minimum absolute atomic E-state index is 0.0562. The molecule has 3 rings (SSSR count). The van der Waals surface area contributed by atoms with Gasteiger partial charge in [-0.25, -0.2) is 0 Å². The summed E-state index contributed by atoms with van der Waals surface area (Å²) in [7, 11) is 0. The number of ether oxygens (including phenoxy) is 2. The van der Waals surface area contributed by atoms with Gasteiger partial charge in [0.25, 0.3) is 0 Å². The number of carbonyl (C=O) groups is 1. The van der Waals surface area contributed by atoms with Crippen molar-refractivity contribution in [3.05, 3.63) is 83.9 Å². The van der Waals surface area contributed by atoms with Crippen LogP contribution in [0.15, 0.2) is 72.8 Å². The lowest BCUT2D eigenvalue weighted by atomic mass is 9.92. The molecule has 4 heteroatoms. The first-order valence-electron chi connectivity index (χ1n) is 8.98. The van der Waals surface area contributed by atoms with E-state index >= 15 is 0 Å². The predicted octanol–water partition coefficient (Wildman–Crippen LogP) is 4.90. The second kappa shape index (κ2) is 9.32. The van der Waals surface area contributed by atoms with Crippen LogP contribution in [0.4, 0.5) is 0 Å². The molecular formula is C22H24O4. The number of allylic oxidation sites excluding steroid dienone is 2. The van der Waals surface area contributed by atoms with Crippen molar-refractivity contribution in [2.45, 2.75) is 31.7 Å². The fourth-order valence-corrected chi connectivity index (χ4v) is 3.15. The number of carboxylic acids is 1. The third-order valence-electron chi connectivity index (χ3n) is 4.49. The molecule has 1 N–H and O–H groups in total. The van der Waals surface area contributed by atoms with Crippen LogP contribution >= 0.6 is 0 Å². The fourth-order valence-electron chi connectivity index (χ4n) is 3.15. The highest BCUT2D eigenvalue weighted by molar-refractivity contribution is 5.66. The summed E-state index contributed by atoms with van der Waals surface area (Å²) in [6.45, 7) is 0.600. The Morgan fingerprint density at radius 1 is 1.00 bits per heavy atom. The third-order valence-corrected chi connectivity index (χ3v) is 4.49. The summed E-state index contributed by atoms with van der Waals surface area (Å²) in [6.07, 6.45) is 5.05. The van der Waals surface area contributed by atoms with Gasteiger partial charge in [-0.3, -0.25) is 4.79 Å². The van der Waals surface area contributed by atoms with Crippen molar-refractivity contribution in [2.24, 2.45) is 5.92 Å². The maximum absolute atomic E-state index is 10.6. The van der Waals surface area contributed by atoms with E-state index in [2.05, 4.69) is 12.1 Å². The van der Waals surface area contributed by atoms with Crippen molar-refractivity contribution >= 4 is 5.97 Å². The summed E-state index contributed by atoms with van der Waals surface area (Å²) in [6, 6.07) is 20.2. The molecule has 0 spiro atoms. The highest BCUT2D eigenvalue weighted by Crippen LogP contribution is 2.39. The number of aliphatic carboxylic acids is 1. The standard InChI is InChI=1S/C22H24O4/c23-20(24)15-9-3-8-14-19-16-25-22(18-12-6-2-7-13-18)26-21(19)17-10-4-1-5-11-17/h1-8,10-13,19,21-22H,9,14-16H2,(H,23,24)/b8-3-/t19-,21-,22?/m1/s1. The molecule has 2 aromatic rings. The van der Waals surface area contributed by atoms with Crippen molar-refractivity contribution in [1.82, 2.24) is 0 Å². The third kappa shape index (κ3) is 5.04. The summed E-state index contributed by atoms with van der Waals surface area (Å²) in [5.41, 5.74) is 2.16. The first-order valence-corrected chi connectivity index (χ1v) is 8.98. The highest BCUT2D eigenvalue weighted by Gasteiger charge is 2.33. The Morgan fingerprint density at radius 3 is 2.31 bits per heavy atom. The molecular weight excluding hydrogens is 328 g/mol. The molecule has 3 atom stereocenters. The average molecular weight is 352 g/mol. The van der Waals surface area contributed by atoms with Crippen molar-refractivity contribution in [3.8, 4) is 0 Å². The van der Waals surface area contributed by atoms with Crippen molar-refractivity contribution < 1.29 is 19.4 Å². The molecule has 0 aliphatic carbocycles. The lowest BCUT2D eigenvalue weighted by molar-refractivity contribution is -0.243. The molecule has 1 heterocycles. The molecule has 1 aliphatic heterocycles. The summed E-state index contributed by atoms with van der Waals surface area (Å²) in [5, 5.41) is 8.72. The summed E-state index contributed by atoms with van der Waals surface area (Å²) < 4.78 is 12.3. The Hall–Kier alpha value is -2.43. The van der Waals surface area contributed by atoms with Crippen LogP contribution in [-0.2, 0) is 14.3 Å². The Morgan fingerprint density at radius 2 is 1.65 bits per heavy atom. The molecule has 0 saturated carbocycles. The van der Waals surface area contributed by atoms with Crippen LogP contribution < -0.4 is 0 Å². The monoisotopic (exact) mass is 352 g/mol. The maximum atomic E-state index is 10.6. The van der Waals surface area contributed by atoms with E-state index in [0.29, 0.717) is 13.0 Å². The average Bonchev–Trinajstić information content (AvgIpc) is 2.69. The SMILES string of the molecule is O=C(O)CC/C=C\C[C@@H]1COC(c2ccccc2)O[C@@H]1c1ccccc1. The summed E-state index contributed by atoms with van der Waals surface area (Å²) >= 11 is 0. The van der Waals surface area contributed by atoms with E-state index in [-0.39, 0.29) is 24.7 Å². The van der Waals surface area contributed by atoms with Gasteiger partial charge in [0, 0.05) is 17.9 Å². The summed E-state index contributed by atoms with van der Waals surface area (Å²) in [5.74, 6) is -0.578. The lowest BCUT2D eigenvalue weighted by Gasteiger charge is -2.36. The number of hydrogen-bond donors (Lipinski definition) is 1. The van der Waals surface area contributed by atoms with Crippen LogP contribution in [0.2, 0.25) is 0 Å². The Bertz CT molecular complexity index is 711. The van der Waals surface area contributed by atoms with Crippen LogP contribution in [0.3, 0.4) is 0 Å². The minimum Gasteiger partial charge on any atom is -0.481 e. The van der Waals surface area contributed by atoms with Gasteiger partial charge >= 0.3 is 5.97 Å². The first-order chi connectivity index (χ1) is 12.7. The second-order valence-corrected chi connectivity index (χ2v) is 6.44. The molecule has 0 aromatic heterocycles. The largest absolute Gasteiger partial charge is 0.481 e. The van der Waals surface area contributed by atoms with Crippen LogP contribution in [0, 0.1) is 5.92 Å². The second-order valence-electron chi connectivity index (χ2n) is 6.44. The van der Waals surface area contributed by atoms with E-state index < -0.39 is 5.97 Å². The molecule has 1 fully saturated rings. The zero-order valence-electron chi connectivity index (χ0n) is 14.7. The normalized spacial score (nSPS) is 23.2. The van der Waals surface area contributed by atoms with Gasteiger partial charge in [-0.15, -0.1) is 0 Å². The van der Waals surface area contributed by atoms with E-state index in [1.54, 1.807) is 0 Å². The van der Waals surface area contributed by atoms with E-state index in [0.717, 1.165) is 17.5 Å². The molecule has 1 saturated heterocycles. The van der Waals surface area contributed by atoms with Crippen molar-refractivity contribution in [2.75, 3.05) is 6.61 Å². The van der Waals surface area contributed by atoms with E-state index in [4.69, 9.17) is 14.6 Å². The van der Waals surface area contributed by atoms with Gasteiger partial charge < -0.3 is 14.6 Å². The molecule has 4 nitrogen and oxygen atoms in total. The molecule has 136 valence electrons. The summed E-state index contributed by atoms with van der Waals surface area (Å²) in [4.78, 5) is 10.6. The number of rotatable bonds is 7. The van der Waals surface area contributed by atoms with Crippen LogP contribution in [0.5, 0.6) is 0 Å². The van der Waals surface area contributed by atoms with Gasteiger partial charge in [0.05, 0.1) is 12.7 Å². The van der Waals surface area contributed by atoms with Crippen LogP contribution in [-0.4, -0.2) is 17.7 Å². The molecule has 26 heavy (non-hydrogen) atoms. The molecule has 0 radical (unpaired) electrons. The highest BCUT2D eigenvalue weighted by atomic mass is 16.7. The zero-order chi connectivity index (χ0) is 18.2. The predicted molar refractivity (Wildman–Crippen MR) is 99.5 cm³/mol. The Labute approximate surface area is 154 Å². The zero-order valence-corrected chi connectivity index (χ0v) is 14.7. The van der Waals surface area contributed by atoms with Gasteiger partial charge in [0.2, 0.25) is 0 Å². The Kier molecular flexibility index (Phi) is 6.58. The van der Waals surface area contributed by atoms with Gasteiger partial charge in [-0.05, 0) is 18.4 Å². The van der Waals surface area contributed by atoms with Crippen LogP contribution in [0.25, 0.3) is 0 Å². The quantitative estimate of drug-likeness (QED) is 0.720. The van der Waals surface area contributed by atoms with Gasteiger partial charge in [0.1, 0.15) is 0 Å². The maximum Gasteiger partial charge on any atom is 0.303 e. The van der Waals surface area contributed by atoms with Gasteiger partial charge in [0.15, 0.2) is 6.29 Å². The smallest absolute Gasteiger partial charge is 0.303 e. The lowest BCUT2D eigenvalue weighted by Crippen LogP contribution is -2.30. The molecule has 2 aromatic carbocycles. The number of hydrogen-bond acceptors (Lipinski definition) is 3. The Balaban J connectivity index is 1.69. The molecule has 0 bridgehead atoms. The molecule has 1 unspecified atom stereocenters. The van der Waals surface area contributed by atoms with E-state index in [1.807, 2.05) is 60.7 Å². The van der Waals surface area contributed by atoms with Gasteiger partial charge in [-0.1, -0.05) is 72.8 Å². The fraction of sp³-hybridized carbons (Fsp3) is 0.318. The number of carboxylic acid groups (broad SMARTS) is 1. The van der Waals surface area contributed by atoms with Crippen molar-refractivity contribution in [3.63, 3.8) is 0 Å². The number of benzene rings is 2. The molecule has 0 amide bonds. The first kappa shape index (κ1) is 18.4. The topological polar surface area (TPSA) is 55.8 Å². The van der Waals surface area contributed by atoms with E-state index in [1.165, 1.54) is 0 Å². The molecule has 1 aliphatic rings. The van der Waals surface area contributed by atoms with Crippen molar-refractivity contribution in [1.29, 1.82) is 0 Å². The van der Waals surface area contributed by atoms with Crippen LogP contribution in [0.1, 0.15) is 42.8 Å². The van der Waals surface area contributed by atoms with Gasteiger partial charge in [-0.2, -0.15) is 0 Å². The van der Waals surface area contributed by atoms with E-state index in [9.17, 15) is 4.79 Å².